The largest absolute Gasteiger partial charge is 0.465 e. The average Bonchev–Trinajstić information content (AvgIpc) is 2.46. The molecule has 0 amide bonds. The van der Waals surface area contributed by atoms with E-state index >= 15 is 0 Å². The maximum absolute atomic E-state index is 11.4. The fourth-order valence-corrected chi connectivity index (χ4v) is 2.02. The summed E-state index contributed by atoms with van der Waals surface area (Å²) < 4.78 is 5.71. The lowest BCUT2D eigenvalue weighted by Gasteiger charge is -2.08. The summed E-state index contributed by atoms with van der Waals surface area (Å²) in [5.74, 6) is 0.269. The van der Waals surface area contributed by atoms with Gasteiger partial charge in [-0.25, -0.2) is 9.78 Å². The van der Waals surface area contributed by atoms with Crippen LogP contribution in [0.5, 0.6) is 0 Å². The molecule has 98 valence electrons. The molecule has 1 aromatic carbocycles. The molecule has 0 atom stereocenters. The summed E-state index contributed by atoms with van der Waals surface area (Å²) in [6, 6.07) is 11.2. The fraction of sp³-hybridized carbons (Fsp3) is 0.143. The van der Waals surface area contributed by atoms with E-state index in [0.717, 1.165) is 10.0 Å². The summed E-state index contributed by atoms with van der Waals surface area (Å²) >= 11 is 3.48. The number of rotatable bonds is 4. The molecule has 0 aliphatic carbocycles. The Hall–Kier alpha value is -1.88. The summed E-state index contributed by atoms with van der Waals surface area (Å²) in [4.78, 5) is 15.6. The first-order chi connectivity index (χ1) is 9.20. The second-order valence-corrected chi connectivity index (χ2v) is 4.72. The zero-order valence-electron chi connectivity index (χ0n) is 10.4. The molecule has 0 spiro atoms. The summed E-state index contributed by atoms with van der Waals surface area (Å²) in [5.41, 5.74) is 1.60. The highest BCUT2D eigenvalue weighted by atomic mass is 79.9. The van der Waals surface area contributed by atoms with Crippen LogP contribution in [0.2, 0.25) is 0 Å². The normalized spacial score (nSPS) is 10.0. The summed E-state index contributed by atoms with van der Waals surface area (Å²) in [6.07, 6.45) is 1.58. The Morgan fingerprint density at radius 1 is 1.37 bits per heavy atom. The number of carbonyl (C=O) groups is 1. The number of hydrogen-bond donors (Lipinski definition) is 1. The van der Waals surface area contributed by atoms with Gasteiger partial charge in [-0.05, 0) is 23.8 Å². The first kappa shape index (κ1) is 13.5. The standard InChI is InChI=1S/C14H13BrN2O2/c1-19-14(18)10-6-7-16-13(8-10)17-9-11-4-2-3-5-12(11)15/h2-8H,9H2,1H3,(H,16,17). The van der Waals surface area contributed by atoms with Crippen LogP contribution in [-0.2, 0) is 11.3 Å². The zero-order valence-corrected chi connectivity index (χ0v) is 12.0. The number of halogens is 1. The molecule has 0 unspecified atom stereocenters. The Morgan fingerprint density at radius 2 is 2.16 bits per heavy atom. The lowest BCUT2D eigenvalue weighted by atomic mass is 10.2. The smallest absolute Gasteiger partial charge is 0.338 e. The van der Waals surface area contributed by atoms with Crippen LogP contribution in [0.1, 0.15) is 15.9 Å². The van der Waals surface area contributed by atoms with Crippen molar-refractivity contribution >= 4 is 27.7 Å². The SMILES string of the molecule is COC(=O)c1ccnc(NCc2ccccc2Br)c1. The van der Waals surface area contributed by atoms with Gasteiger partial charge in [0.1, 0.15) is 5.82 Å². The lowest BCUT2D eigenvalue weighted by Crippen LogP contribution is -2.05. The predicted octanol–water partition coefficient (Wildman–Crippen LogP) is 3.24. The van der Waals surface area contributed by atoms with E-state index in [1.807, 2.05) is 24.3 Å². The van der Waals surface area contributed by atoms with Gasteiger partial charge in [0.05, 0.1) is 12.7 Å². The second kappa shape index (κ2) is 6.33. The van der Waals surface area contributed by atoms with Crippen molar-refractivity contribution in [1.82, 2.24) is 4.98 Å². The summed E-state index contributed by atoms with van der Waals surface area (Å²) in [7, 11) is 1.36. The molecule has 1 N–H and O–H groups in total. The van der Waals surface area contributed by atoms with Crippen LogP contribution in [0.4, 0.5) is 5.82 Å². The van der Waals surface area contributed by atoms with Crippen LogP contribution in [0.3, 0.4) is 0 Å². The Bertz CT molecular complexity index is 587. The van der Waals surface area contributed by atoms with Crippen LogP contribution >= 0.6 is 15.9 Å². The molecule has 1 heterocycles. The number of aromatic nitrogens is 1. The number of benzene rings is 1. The van der Waals surface area contributed by atoms with Crippen molar-refractivity contribution in [3.63, 3.8) is 0 Å². The Morgan fingerprint density at radius 3 is 2.89 bits per heavy atom. The minimum atomic E-state index is -0.369. The van der Waals surface area contributed by atoms with Crippen molar-refractivity contribution in [2.45, 2.75) is 6.54 Å². The average molecular weight is 321 g/mol. The molecule has 0 aliphatic heterocycles. The van der Waals surface area contributed by atoms with Gasteiger partial charge in [-0.2, -0.15) is 0 Å². The number of methoxy groups -OCH3 is 1. The van der Waals surface area contributed by atoms with Crippen LogP contribution in [0.15, 0.2) is 47.1 Å². The fourth-order valence-electron chi connectivity index (χ4n) is 1.60. The molecule has 0 bridgehead atoms. The highest BCUT2D eigenvalue weighted by Crippen LogP contribution is 2.17. The molecule has 1 aromatic heterocycles. The topological polar surface area (TPSA) is 51.2 Å². The van der Waals surface area contributed by atoms with Gasteiger partial charge in [0.2, 0.25) is 0 Å². The van der Waals surface area contributed by atoms with Gasteiger partial charge in [-0.15, -0.1) is 0 Å². The maximum atomic E-state index is 11.4. The minimum Gasteiger partial charge on any atom is -0.465 e. The Kier molecular flexibility index (Phi) is 4.52. The van der Waals surface area contributed by atoms with Crippen LogP contribution < -0.4 is 5.32 Å². The zero-order chi connectivity index (χ0) is 13.7. The number of anilines is 1. The molecule has 2 aromatic rings. The second-order valence-electron chi connectivity index (χ2n) is 3.87. The number of nitrogens with one attached hydrogen (secondary N) is 1. The number of hydrogen-bond acceptors (Lipinski definition) is 4. The van der Waals surface area contributed by atoms with Crippen LogP contribution in [0, 0.1) is 0 Å². The molecule has 0 fully saturated rings. The van der Waals surface area contributed by atoms with E-state index in [0.29, 0.717) is 17.9 Å². The Labute approximate surface area is 119 Å². The van der Waals surface area contributed by atoms with E-state index in [2.05, 4.69) is 31.0 Å². The van der Waals surface area contributed by atoms with Gasteiger partial charge in [-0.1, -0.05) is 34.1 Å². The van der Waals surface area contributed by atoms with E-state index in [1.165, 1.54) is 7.11 Å². The van der Waals surface area contributed by atoms with Gasteiger partial charge in [0.15, 0.2) is 0 Å². The predicted molar refractivity (Wildman–Crippen MR) is 77.0 cm³/mol. The van der Waals surface area contributed by atoms with Crippen molar-refractivity contribution in [3.8, 4) is 0 Å². The molecular formula is C14H13BrN2O2. The Balaban J connectivity index is 2.08. The number of nitrogens with zero attached hydrogens (tertiary/aromatic N) is 1. The monoisotopic (exact) mass is 320 g/mol. The number of esters is 1. The molecule has 4 nitrogen and oxygen atoms in total. The van der Waals surface area contributed by atoms with Crippen LogP contribution in [-0.4, -0.2) is 18.1 Å². The van der Waals surface area contributed by atoms with E-state index in [-0.39, 0.29) is 5.97 Å². The number of pyridine rings is 1. The third kappa shape index (κ3) is 3.54. The first-order valence-corrected chi connectivity index (χ1v) is 6.51. The minimum absolute atomic E-state index is 0.369. The highest BCUT2D eigenvalue weighted by molar-refractivity contribution is 9.10. The van der Waals surface area contributed by atoms with Crippen molar-refractivity contribution in [2.24, 2.45) is 0 Å². The van der Waals surface area contributed by atoms with Crippen molar-refractivity contribution in [2.75, 3.05) is 12.4 Å². The molecular weight excluding hydrogens is 308 g/mol. The van der Waals surface area contributed by atoms with Crippen molar-refractivity contribution in [3.05, 3.63) is 58.2 Å². The van der Waals surface area contributed by atoms with Crippen molar-refractivity contribution < 1.29 is 9.53 Å². The summed E-state index contributed by atoms with van der Waals surface area (Å²) in [5, 5.41) is 3.17. The van der Waals surface area contributed by atoms with Gasteiger partial charge in [-0.3, -0.25) is 0 Å². The molecule has 0 radical (unpaired) electrons. The third-order valence-corrected chi connectivity index (χ3v) is 3.37. The molecule has 0 saturated carbocycles. The van der Waals surface area contributed by atoms with Gasteiger partial charge in [0.25, 0.3) is 0 Å². The molecule has 5 heteroatoms. The quantitative estimate of drug-likeness (QED) is 0.879. The molecule has 2 rings (SSSR count). The van der Waals surface area contributed by atoms with Crippen LogP contribution in [0.25, 0.3) is 0 Å². The molecule has 19 heavy (non-hydrogen) atoms. The summed E-state index contributed by atoms with van der Waals surface area (Å²) in [6.45, 7) is 0.624. The first-order valence-electron chi connectivity index (χ1n) is 5.72. The number of carbonyl (C=O) groups excluding carboxylic acids is 1. The van der Waals surface area contributed by atoms with E-state index in [4.69, 9.17) is 0 Å². The maximum Gasteiger partial charge on any atom is 0.338 e. The lowest BCUT2D eigenvalue weighted by molar-refractivity contribution is 0.0600. The highest BCUT2D eigenvalue weighted by Gasteiger charge is 2.06. The van der Waals surface area contributed by atoms with Gasteiger partial charge >= 0.3 is 5.97 Å². The molecule has 0 saturated heterocycles. The van der Waals surface area contributed by atoms with E-state index in [9.17, 15) is 4.79 Å². The van der Waals surface area contributed by atoms with Gasteiger partial charge < -0.3 is 10.1 Å². The van der Waals surface area contributed by atoms with Crippen molar-refractivity contribution in [1.29, 1.82) is 0 Å². The third-order valence-electron chi connectivity index (χ3n) is 2.60. The van der Waals surface area contributed by atoms with Gasteiger partial charge in [0, 0.05) is 17.2 Å². The number of ether oxygens (including phenoxy) is 1. The van der Waals surface area contributed by atoms with E-state index < -0.39 is 0 Å². The molecule has 0 aliphatic rings. The van der Waals surface area contributed by atoms with E-state index in [1.54, 1.807) is 18.3 Å².